The molecular weight excluding hydrogens is 264 g/mol. The predicted octanol–water partition coefficient (Wildman–Crippen LogP) is -0.117. The molecule has 1 aliphatic rings. The standard InChI is InChI=1S/C12H12N4O4/c17-11(16-3-4-20-10(6-16)12(18)19)7-1-2-8-9(5-7)14-15-13-8/h1-2,5,10H,3-4,6H2,(H,18,19)(H,13,14,15). The van der Waals surface area contributed by atoms with Gasteiger partial charge in [-0.2, -0.15) is 15.4 Å². The normalized spacial score (nSPS) is 19.2. The smallest absolute Gasteiger partial charge is 0.334 e. The number of aromatic amines is 1. The van der Waals surface area contributed by atoms with E-state index >= 15 is 0 Å². The third-order valence-electron chi connectivity index (χ3n) is 3.19. The van der Waals surface area contributed by atoms with E-state index in [1.807, 2.05) is 0 Å². The van der Waals surface area contributed by atoms with E-state index in [-0.39, 0.29) is 19.1 Å². The van der Waals surface area contributed by atoms with Crippen LogP contribution >= 0.6 is 0 Å². The molecule has 2 aromatic rings. The van der Waals surface area contributed by atoms with Gasteiger partial charge in [0.1, 0.15) is 11.0 Å². The maximum Gasteiger partial charge on any atom is 0.334 e. The van der Waals surface area contributed by atoms with Gasteiger partial charge in [-0.25, -0.2) is 4.79 Å². The van der Waals surface area contributed by atoms with Crippen molar-refractivity contribution in [3.05, 3.63) is 23.8 Å². The van der Waals surface area contributed by atoms with E-state index < -0.39 is 12.1 Å². The second-order valence-corrected chi connectivity index (χ2v) is 4.48. The van der Waals surface area contributed by atoms with Crippen LogP contribution in [0.4, 0.5) is 0 Å². The van der Waals surface area contributed by atoms with Crippen LogP contribution in [0.3, 0.4) is 0 Å². The van der Waals surface area contributed by atoms with Gasteiger partial charge >= 0.3 is 5.97 Å². The fourth-order valence-electron chi connectivity index (χ4n) is 2.14. The number of hydrogen-bond acceptors (Lipinski definition) is 5. The molecule has 8 heteroatoms. The summed E-state index contributed by atoms with van der Waals surface area (Å²) < 4.78 is 5.09. The molecule has 20 heavy (non-hydrogen) atoms. The molecule has 0 bridgehead atoms. The lowest BCUT2D eigenvalue weighted by atomic mass is 10.1. The molecule has 2 heterocycles. The monoisotopic (exact) mass is 276 g/mol. The summed E-state index contributed by atoms with van der Waals surface area (Å²) in [6.07, 6.45) is -0.969. The van der Waals surface area contributed by atoms with Gasteiger partial charge in [0.2, 0.25) is 0 Å². The first-order valence-electron chi connectivity index (χ1n) is 6.09. The topological polar surface area (TPSA) is 108 Å². The molecule has 1 aromatic carbocycles. The van der Waals surface area contributed by atoms with Crippen LogP contribution in [-0.4, -0.2) is 63.1 Å². The number of nitrogens with one attached hydrogen (secondary N) is 1. The summed E-state index contributed by atoms with van der Waals surface area (Å²) in [5.41, 5.74) is 1.73. The van der Waals surface area contributed by atoms with E-state index in [4.69, 9.17) is 9.84 Å². The zero-order chi connectivity index (χ0) is 14.1. The first-order chi connectivity index (χ1) is 9.65. The Bertz CT molecular complexity index is 668. The van der Waals surface area contributed by atoms with Crippen molar-refractivity contribution < 1.29 is 19.4 Å². The third kappa shape index (κ3) is 2.21. The van der Waals surface area contributed by atoms with Crippen LogP contribution in [0.1, 0.15) is 10.4 Å². The van der Waals surface area contributed by atoms with Gasteiger partial charge in [0.25, 0.3) is 5.91 Å². The fourth-order valence-corrected chi connectivity index (χ4v) is 2.14. The Morgan fingerprint density at radius 1 is 1.35 bits per heavy atom. The zero-order valence-corrected chi connectivity index (χ0v) is 10.4. The number of carboxylic acids is 1. The van der Waals surface area contributed by atoms with Crippen molar-refractivity contribution in [2.45, 2.75) is 6.10 Å². The number of aromatic nitrogens is 3. The number of benzene rings is 1. The van der Waals surface area contributed by atoms with Gasteiger partial charge in [-0.15, -0.1) is 0 Å². The number of hydrogen-bond donors (Lipinski definition) is 2. The van der Waals surface area contributed by atoms with Crippen LogP contribution in [0.15, 0.2) is 18.2 Å². The number of morpholine rings is 1. The minimum Gasteiger partial charge on any atom is -0.479 e. The summed E-state index contributed by atoms with van der Waals surface area (Å²) in [6.45, 7) is 0.638. The third-order valence-corrected chi connectivity index (χ3v) is 3.19. The fraction of sp³-hybridized carbons (Fsp3) is 0.333. The summed E-state index contributed by atoms with van der Waals surface area (Å²) in [4.78, 5) is 24.7. The Hall–Kier alpha value is -2.48. The molecular formula is C12H12N4O4. The first-order valence-corrected chi connectivity index (χ1v) is 6.09. The number of carboxylic acid groups (broad SMARTS) is 1. The predicted molar refractivity (Wildman–Crippen MR) is 67.2 cm³/mol. The van der Waals surface area contributed by atoms with Crippen molar-refractivity contribution in [2.24, 2.45) is 0 Å². The molecule has 2 N–H and O–H groups in total. The van der Waals surface area contributed by atoms with Crippen LogP contribution in [0.25, 0.3) is 11.0 Å². The van der Waals surface area contributed by atoms with Gasteiger partial charge in [-0.1, -0.05) is 0 Å². The van der Waals surface area contributed by atoms with Crippen molar-refractivity contribution in [1.29, 1.82) is 0 Å². The Balaban J connectivity index is 1.82. The summed E-state index contributed by atoms with van der Waals surface area (Å²) in [6, 6.07) is 4.98. The van der Waals surface area contributed by atoms with Crippen LogP contribution in [-0.2, 0) is 9.53 Å². The van der Waals surface area contributed by atoms with Gasteiger partial charge in [0.15, 0.2) is 6.10 Å². The number of carbonyl (C=O) groups is 2. The number of carbonyl (C=O) groups excluding carboxylic acids is 1. The molecule has 0 spiro atoms. The molecule has 1 unspecified atom stereocenters. The highest BCUT2D eigenvalue weighted by Crippen LogP contribution is 2.15. The minimum atomic E-state index is -1.06. The summed E-state index contributed by atoms with van der Waals surface area (Å²) in [5, 5.41) is 19.3. The molecule has 0 saturated carbocycles. The van der Waals surface area contributed by atoms with Crippen LogP contribution in [0.5, 0.6) is 0 Å². The first kappa shape index (κ1) is 12.5. The van der Waals surface area contributed by atoms with Gasteiger partial charge in [0, 0.05) is 12.1 Å². The maximum atomic E-state index is 12.4. The van der Waals surface area contributed by atoms with Crippen molar-refractivity contribution in [1.82, 2.24) is 20.3 Å². The molecule has 1 fully saturated rings. The molecule has 1 amide bonds. The summed E-state index contributed by atoms with van der Waals surface area (Å²) in [5.74, 6) is -1.29. The average molecular weight is 276 g/mol. The van der Waals surface area contributed by atoms with Crippen LogP contribution < -0.4 is 0 Å². The summed E-state index contributed by atoms with van der Waals surface area (Å²) in [7, 11) is 0. The maximum absolute atomic E-state index is 12.4. The number of H-pyrrole nitrogens is 1. The molecule has 8 nitrogen and oxygen atoms in total. The lowest BCUT2D eigenvalue weighted by Crippen LogP contribution is -2.48. The number of fused-ring (bicyclic) bond motifs is 1. The van der Waals surface area contributed by atoms with Crippen molar-refractivity contribution in [3.63, 3.8) is 0 Å². The van der Waals surface area contributed by atoms with Crippen molar-refractivity contribution in [2.75, 3.05) is 19.7 Å². The lowest BCUT2D eigenvalue weighted by molar-refractivity contribution is -0.154. The molecule has 0 aliphatic carbocycles. The molecule has 0 radical (unpaired) electrons. The Morgan fingerprint density at radius 2 is 2.15 bits per heavy atom. The molecule has 3 rings (SSSR count). The van der Waals surface area contributed by atoms with E-state index in [2.05, 4.69) is 15.4 Å². The largest absolute Gasteiger partial charge is 0.479 e. The van der Waals surface area contributed by atoms with Gasteiger partial charge in [0.05, 0.1) is 13.2 Å². The quantitative estimate of drug-likeness (QED) is 0.791. The Labute approximate surface area is 113 Å². The van der Waals surface area contributed by atoms with E-state index in [1.54, 1.807) is 18.2 Å². The molecule has 1 aliphatic heterocycles. The number of ether oxygens (including phenoxy) is 1. The van der Waals surface area contributed by atoms with E-state index in [0.29, 0.717) is 23.1 Å². The Morgan fingerprint density at radius 3 is 2.95 bits per heavy atom. The van der Waals surface area contributed by atoms with Crippen LogP contribution in [0.2, 0.25) is 0 Å². The molecule has 1 aromatic heterocycles. The highest BCUT2D eigenvalue weighted by molar-refractivity contribution is 5.97. The van der Waals surface area contributed by atoms with Gasteiger partial charge < -0.3 is 14.7 Å². The number of amides is 1. The van der Waals surface area contributed by atoms with Crippen molar-refractivity contribution in [3.8, 4) is 0 Å². The SMILES string of the molecule is O=C(O)C1CN(C(=O)c2ccc3n[nH]nc3c2)CCO1. The average Bonchev–Trinajstić information content (AvgIpc) is 2.94. The van der Waals surface area contributed by atoms with E-state index in [0.717, 1.165) is 0 Å². The van der Waals surface area contributed by atoms with E-state index in [9.17, 15) is 9.59 Å². The number of aliphatic carboxylic acids is 1. The number of rotatable bonds is 2. The highest BCUT2D eigenvalue weighted by Gasteiger charge is 2.29. The molecule has 1 saturated heterocycles. The van der Waals surface area contributed by atoms with Gasteiger partial charge in [-0.05, 0) is 18.2 Å². The minimum absolute atomic E-state index is 0.0466. The second kappa shape index (κ2) is 4.89. The summed E-state index contributed by atoms with van der Waals surface area (Å²) >= 11 is 0. The highest BCUT2D eigenvalue weighted by atomic mass is 16.5. The Kier molecular flexibility index (Phi) is 3.07. The van der Waals surface area contributed by atoms with Crippen LogP contribution in [0, 0.1) is 0 Å². The second-order valence-electron chi connectivity index (χ2n) is 4.48. The van der Waals surface area contributed by atoms with Crippen molar-refractivity contribution >= 4 is 22.9 Å². The lowest BCUT2D eigenvalue weighted by Gasteiger charge is -2.30. The van der Waals surface area contributed by atoms with E-state index in [1.165, 1.54) is 4.90 Å². The number of nitrogens with zero attached hydrogens (tertiary/aromatic N) is 3. The van der Waals surface area contributed by atoms with Gasteiger partial charge in [-0.3, -0.25) is 4.79 Å². The molecule has 104 valence electrons. The zero-order valence-electron chi connectivity index (χ0n) is 10.4. The molecule has 1 atom stereocenters.